The van der Waals surface area contributed by atoms with E-state index in [2.05, 4.69) is 46.5 Å². The fourth-order valence-corrected chi connectivity index (χ4v) is 3.70. The highest BCUT2D eigenvalue weighted by Crippen LogP contribution is 2.32. The predicted molar refractivity (Wildman–Crippen MR) is 79.1 cm³/mol. The molecule has 9 heteroatoms. The van der Waals surface area contributed by atoms with E-state index in [1.54, 1.807) is 18.2 Å². The topological polar surface area (TPSA) is 98.0 Å². The third kappa shape index (κ3) is 3.23. The van der Waals surface area contributed by atoms with Crippen LogP contribution in [0.5, 0.6) is 0 Å². The standard InChI is InChI=1S/C10H8Br2N4O2S/c11-7-2-1-3-8(12)9(7)16-19(17,18)6-4-14-10(13)15-5-6/h1-5,16H,(H2,13,14,15). The molecule has 0 bridgehead atoms. The summed E-state index contributed by atoms with van der Waals surface area (Å²) in [7, 11) is -3.77. The molecule has 100 valence electrons. The van der Waals surface area contributed by atoms with E-state index in [1.807, 2.05) is 0 Å². The fourth-order valence-electron chi connectivity index (χ4n) is 1.25. The summed E-state index contributed by atoms with van der Waals surface area (Å²) in [6, 6.07) is 5.22. The van der Waals surface area contributed by atoms with Crippen LogP contribution >= 0.6 is 31.9 Å². The third-order valence-electron chi connectivity index (χ3n) is 2.16. The van der Waals surface area contributed by atoms with Gasteiger partial charge < -0.3 is 5.73 Å². The van der Waals surface area contributed by atoms with Gasteiger partial charge in [-0.1, -0.05) is 6.07 Å². The van der Waals surface area contributed by atoms with Crippen LogP contribution in [0.2, 0.25) is 0 Å². The molecule has 6 nitrogen and oxygen atoms in total. The summed E-state index contributed by atoms with van der Waals surface area (Å²) in [4.78, 5) is 7.25. The third-order valence-corrected chi connectivity index (χ3v) is 4.78. The van der Waals surface area contributed by atoms with E-state index >= 15 is 0 Å². The number of nitrogens with two attached hydrogens (primary N) is 1. The maximum Gasteiger partial charge on any atom is 0.265 e. The van der Waals surface area contributed by atoms with Gasteiger partial charge in [0.05, 0.1) is 18.1 Å². The normalized spacial score (nSPS) is 11.3. The SMILES string of the molecule is Nc1ncc(S(=O)(=O)Nc2c(Br)cccc2Br)cn1. The van der Waals surface area contributed by atoms with E-state index in [0.29, 0.717) is 14.6 Å². The number of rotatable bonds is 3. The number of hydrogen-bond donors (Lipinski definition) is 2. The molecule has 0 fully saturated rings. The van der Waals surface area contributed by atoms with Crippen molar-refractivity contribution in [2.75, 3.05) is 10.5 Å². The predicted octanol–water partition coefficient (Wildman–Crippen LogP) is 2.38. The molecule has 1 aromatic heterocycles. The van der Waals surface area contributed by atoms with E-state index in [1.165, 1.54) is 0 Å². The van der Waals surface area contributed by atoms with Crippen LogP contribution in [0.3, 0.4) is 0 Å². The molecule has 0 radical (unpaired) electrons. The van der Waals surface area contributed by atoms with Crippen LogP contribution < -0.4 is 10.5 Å². The van der Waals surface area contributed by atoms with Crippen molar-refractivity contribution in [3.8, 4) is 0 Å². The Balaban J connectivity index is 2.39. The van der Waals surface area contributed by atoms with Gasteiger partial charge >= 0.3 is 0 Å². The second-order valence-corrected chi connectivity index (χ2v) is 6.87. The average molecular weight is 408 g/mol. The number of halogens is 2. The Hall–Kier alpha value is -1.19. The molecule has 0 aliphatic carbocycles. The van der Waals surface area contributed by atoms with Gasteiger partial charge in [0.25, 0.3) is 10.0 Å². The maximum atomic E-state index is 12.1. The number of sulfonamides is 1. The summed E-state index contributed by atoms with van der Waals surface area (Å²) in [6.07, 6.45) is 2.30. The van der Waals surface area contributed by atoms with Crippen LogP contribution in [0.1, 0.15) is 0 Å². The van der Waals surface area contributed by atoms with Crippen molar-refractivity contribution in [1.82, 2.24) is 9.97 Å². The highest BCUT2D eigenvalue weighted by Gasteiger charge is 2.18. The van der Waals surface area contributed by atoms with Gasteiger partial charge in [-0.3, -0.25) is 4.72 Å². The van der Waals surface area contributed by atoms with Gasteiger partial charge in [-0.2, -0.15) is 0 Å². The second-order valence-electron chi connectivity index (χ2n) is 3.48. The summed E-state index contributed by atoms with van der Waals surface area (Å²) in [5, 5.41) is 0. The minimum Gasteiger partial charge on any atom is -0.368 e. The van der Waals surface area contributed by atoms with Crippen molar-refractivity contribution in [2.45, 2.75) is 4.90 Å². The molecule has 3 N–H and O–H groups in total. The Morgan fingerprint density at radius 1 is 1.11 bits per heavy atom. The van der Waals surface area contributed by atoms with E-state index in [0.717, 1.165) is 12.4 Å². The number of nitrogens with one attached hydrogen (secondary N) is 1. The highest BCUT2D eigenvalue weighted by atomic mass is 79.9. The summed E-state index contributed by atoms with van der Waals surface area (Å²) < 4.78 is 28.0. The zero-order valence-corrected chi connectivity index (χ0v) is 13.3. The minimum atomic E-state index is -3.77. The first-order valence-corrected chi connectivity index (χ1v) is 8.01. The zero-order valence-electron chi connectivity index (χ0n) is 9.34. The molecule has 1 heterocycles. The summed E-state index contributed by atoms with van der Waals surface area (Å²) in [5.41, 5.74) is 5.72. The molecule has 2 aromatic rings. The van der Waals surface area contributed by atoms with E-state index in [4.69, 9.17) is 5.73 Å². The van der Waals surface area contributed by atoms with Gasteiger partial charge in [-0.25, -0.2) is 18.4 Å². The van der Waals surface area contributed by atoms with Crippen molar-refractivity contribution in [2.24, 2.45) is 0 Å². The molecular weight excluding hydrogens is 400 g/mol. The summed E-state index contributed by atoms with van der Waals surface area (Å²) in [6.45, 7) is 0. The number of nitrogen functional groups attached to an aromatic ring is 1. The smallest absolute Gasteiger partial charge is 0.265 e. The maximum absolute atomic E-state index is 12.1. The van der Waals surface area contributed by atoms with Gasteiger partial charge in [0.2, 0.25) is 5.95 Å². The molecular formula is C10H8Br2N4O2S. The lowest BCUT2D eigenvalue weighted by Gasteiger charge is -2.11. The lowest BCUT2D eigenvalue weighted by Crippen LogP contribution is -2.14. The quantitative estimate of drug-likeness (QED) is 0.813. The van der Waals surface area contributed by atoms with Crippen LogP contribution in [0.4, 0.5) is 11.6 Å². The Labute approximate surface area is 126 Å². The molecule has 19 heavy (non-hydrogen) atoms. The van der Waals surface area contributed by atoms with E-state index in [9.17, 15) is 8.42 Å². The first kappa shape index (κ1) is 14.2. The fraction of sp³-hybridized carbons (Fsp3) is 0. The molecule has 0 spiro atoms. The van der Waals surface area contributed by atoms with Gasteiger partial charge in [-0.05, 0) is 44.0 Å². The molecule has 2 rings (SSSR count). The lowest BCUT2D eigenvalue weighted by atomic mass is 10.3. The minimum absolute atomic E-state index is 0.0148. The number of para-hydroxylation sites is 1. The van der Waals surface area contributed by atoms with E-state index < -0.39 is 10.0 Å². The molecule has 1 aromatic carbocycles. The summed E-state index contributed by atoms with van der Waals surface area (Å²) in [5.74, 6) is 0.0148. The molecule has 0 saturated heterocycles. The highest BCUT2D eigenvalue weighted by molar-refractivity contribution is 9.11. The molecule has 0 aliphatic heterocycles. The Morgan fingerprint density at radius 3 is 2.16 bits per heavy atom. The lowest BCUT2D eigenvalue weighted by molar-refractivity contribution is 0.600. The Bertz CT molecular complexity index is 684. The monoisotopic (exact) mass is 406 g/mol. The van der Waals surface area contributed by atoms with Crippen molar-refractivity contribution >= 4 is 53.5 Å². The van der Waals surface area contributed by atoms with Gasteiger partial charge in [-0.15, -0.1) is 0 Å². The summed E-state index contributed by atoms with van der Waals surface area (Å²) >= 11 is 6.55. The van der Waals surface area contributed by atoms with Gasteiger partial charge in [0.1, 0.15) is 4.90 Å². The number of hydrogen-bond acceptors (Lipinski definition) is 5. The molecule has 0 saturated carbocycles. The zero-order chi connectivity index (χ0) is 14.0. The first-order valence-electron chi connectivity index (χ1n) is 4.94. The van der Waals surface area contributed by atoms with Crippen LogP contribution in [0.15, 0.2) is 44.4 Å². The van der Waals surface area contributed by atoms with Crippen LogP contribution in [-0.2, 0) is 10.0 Å². The average Bonchev–Trinajstić information content (AvgIpc) is 2.35. The van der Waals surface area contributed by atoms with Crippen molar-refractivity contribution in [1.29, 1.82) is 0 Å². The largest absolute Gasteiger partial charge is 0.368 e. The molecule has 0 amide bonds. The van der Waals surface area contributed by atoms with E-state index in [-0.39, 0.29) is 10.8 Å². The Kier molecular flexibility index (Phi) is 4.07. The van der Waals surface area contributed by atoms with Crippen molar-refractivity contribution < 1.29 is 8.42 Å². The van der Waals surface area contributed by atoms with Crippen LogP contribution in [0.25, 0.3) is 0 Å². The van der Waals surface area contributed by atoms with Crippen molar-refractivity contribution in [3.63, 3.8) is 0 Å². The number of aromatic nitrogens is 2. The number of benzene rings is 1. The number of nitrogens with zero attached hydrogens (tertiary/aromatic N) is 2. The van der Waals surface area contributed by atoms with Crippen LogP contribution in [-0.4, -0.2) is 18.4 Å². The van der Waals surface area contributed by atoms with Crippen LogP contribution in [0, 0.1) is 0 Å². The molecule has 0 atom stereocenters. The molecule has 0 aliphatic rings. The second kappa shape index (κ2) is 5.43. The Morgan fingerprint density at radius 2 is 1.63 bits per heavy atom. The first-order chi connectivity index (χ1) is 8.90. The van der Waals surface area contributed by atoms with Gasteiger partial charge in [0, 0.05) is 8.95 Å². The van der Waals surface area contributed by atoms with Gasteiger partial charge in [0.15, 0.2) is 0 Å². The number of anilines is 2. The van der Waals surface area contributed by atoms with Crippen molar-refractivity contribution in [3.05, 3.63) is 39.5 Å². The molecule has 0 unspecified atom stereocenters.